The third-order valence-corrected chi connectivity index (χ3v) is 4.04. The molecule has 1 heteroatoms. The van der Waals surface area contributed by atoms with Crippen LogP contribution in [0.15, 0.2) is 24.3 Å². The molecule has 1 nitrogen and oxygen atoms in total. The maximum atomic E-state index is 2.43. The predicted molar refractivity (Wildman–Crippen MR) is 75.7 cm³/mol. The molecular formula is C16H25N. The van der Waals surface area contributed by atoms with Crippen molar-refractivity contribution in [3.63, 3.8) is 0 Å². The summed E-state index contributed by atoms with van der Waals surface area (Å²) >= 11 is 0. The van der Waals surface area contributed by atoms with E-state index in [0.717, 1.165) is 12.3 Å². The van der Waals surface area contributed by atoms with Gasteiger partial charge in [0, 0.05) is 19.3 Å². The monoisotopic (exact) mass is 231 g/mol. The predicted octanol–water partition coefficient (Wildman–Crippen LogP) is 4.27. The van der Waals surface area contributed by atoms with Gasteiger partial charge in [0.15, 0.2) is 0 Å². The second kappa shape index (κ2) is 6.09. The molecule has 0 heterocycles. The van der Waals surface area contributed by atoms with E-state index in [-0.39, 0.29) is 0 Å². The molecule has 0 aliphatic heterocycles. The van der Waals surface area contributed by atoms with Gasteiger partial charge in [0.2, 0.25) is 0 Å². The summed E-state index contributed by atoms with van der Waals surface area (Å²) in [5.41, 5.74) is 2.80. The number of anilines is 1. The Bertz CT molecular complexity index is 322. The van der Waals surface area contributed by atoms with Gasteiger partial charge in [-0.3, -0.25) is 0 Å². The zero-order valence-electron chi connectivity index (χ0n) is 11.3. The largest absolute Gasteiger partial charge is 0.374 e. The summed E-state index contributed by atoms with van der Waals surface area (Å²) in [6, 6.07) is 9.04. The van der Waals surface area contributed by atoms with Crippen LogP contribution in [0, 0.1) is 5.92 Å². The Kier molecular flexibility index (Phi) is 4.47. The van der Waals surface area contributed by atoms with Crippen LogP contribution in [-0.2, 0) is 6.42 Å². The maximum Gasteiger partial charge on any atom is 0.0363 e. The summed E-state index contributed by atoms with van der Waals surface area (Å²) in [7, 11) is 2.23. The average molecular weight is 231 g/mol. The summed E-state index contributed by atoms with van der Waals surface area (Å²) in [4.78, 5) is 2.43. The lowest BCUT2D eigenvalue weighted by Crippen LogP contribution is -2.26. The van der Waals surface area contributed by atoms with Crippen LogP contribution < -0.4 is 4.90 Å². The van der Waals surface area contributed by atoms with Gasteiger partial charge in [-0.25, -0.2) is 0 Å². The SMILES string of the molecule is CCc1ccc(N(C)CC2CCCCC2)cc1. The van der Waals surface area contributed by atoms with E-state index >= 15 is 0 Å². The molecule has 0 saturated heterocycles. The molecule has 0 atom stereocenters. The van der Waals surface area contributed by atoms with Crippen molar-refractivity contribution in [2.24, 2.45) is 5.92 Å². The molecular weight excluding hydrogens is 206 g/mol. The molecule has 17 heavy (non-hydrogen) atoms. The van der Waals surface area contributed by atoms with E-state index in [0.29, 0.717) is 0 Å². The zero-order chi connectivity index (χ0) is 12.1. The molecule has 1 fully saturated rings. The highest BCUT2D eigenvalue weighted by atomic mass is 15.1. The van der Waals surface area contributed by atoms with Gasteiger partial charge >= 0.3 is 0 Å². The summed E-state index contributed by atoms with van der Waals surface area (Å²) < 4.78 is 0. The van der Waals surface area contributed by atoms with Crippen LogP contribution in [0.4, 0.5) is 5.69 Å². The van der Waals surface area contributed by atoms with E-state index in [4.69, 9.17) is 0 Å². The van der Waals surface area contributed by atoms with Gasteiger partial charge in [-0.05, 0) is 42.9 Å². The summed E-state index contributed by atoms with van der Waals surface area (Å²) in [5, 5.41) is 0. The first kappa shape index (κ1) is 12.5. The molecule has 0 amide bonds. The Morgan fingerprint density at radius 3 is 2.29 bits per heavy atom. The van der Waals surface area contributed by atoms with Crippen LogP contribution >= 0.6 is 0 Å². The zero-order valence-corrected chi connectivity index (χ0v) is 11.3. The molecule has 1 aromatic carbocycles. The van der Waals surface area contributed by atoms with Crippen LogP contribution in [-0.4, -0.2) is 13.6 Å². The van der Waals surface area contributed by atoms with Crippen molar-refractivity contribution in [2.45, 2.75) is 45.4 Å². The minimum atomic E-state index is 0.916. The van der Waals surface area contributed by atoms with Gasteiger partial charge in [-0.1, -0.05) is 38.3 Å². The second-order valence-electron chi connectivity index (χ2n) is 5.40. The third-order valence-electron chi connectivity index (χ3n) is 4.04. The van der Waals surface area contributed by atoms with Crippen molar-refractivity contribution in [2.75, 3.05) is 18.5 Å². The normalized spacial score (nSPS) is 17.1. The van der Waals surface area contributed by atoms with Crippen molar-refractivity contribution in [1.82, 2.24) is 0 Å². The van der Waals surface area contributed by atoms with Crippen molar-refractivity contribution in [1.29, 1.82) is 0 Å². The molecule has 0 bridgehead atoms. The number of benzene rings is 1. The Hall–Kier alpha value is -0.980. The van der Waals surface area contributed by atoms with Gasteiger partial charge in [0.05, 0.1) is 0 Å². The average Bonchev–Trinajstić information content (AvgIpc) is 2.40. The molecule has 0 N–H and O–H groups in total. The molecule has 1 aromatic rings. The lowest BCUT2D eigenvalue weighted by molar-refractivity contribution is 0.362. The van der Waals surface area contributed by atoms with E-state index < -0.39 is 0 Å². The molecule has 1 aliphatic carbocycles. The minimum Gasteiger partial charge on any atom is -0.374 e. The molecule has 0 radical (unpaired) electrons. The van der Waals surface area contributed by atoms with Crippen LogP contribution in [0.25, 0.3) is 0 Å². The van der Waals surface area contributed by atoms with Crippen molar-refractivity contribution in [3.8, 4) is 0 Å². The van der Waals surface area contributed by atoms with Gasteiger partial charge in [0.1, 0.15) is 0 Å². The number of rotatable bonds is 4. The van der Waals surface area contributed by atoms with Crippen LogP contribution in [0.2, 0.25) is 0 Å². The van der Waals surface area contributed by atoms with Crippen LogP contribution in [0.5, 0.6) is 0 Å². The number of hydrogen-bond acceptors (Lipinski definition) is 1. The smallest absolute Gasteiger partial charge is 0.0363 e. The Morgan fingerprint density at radius 1 is 1.06 bits per heavy atom. The lowest BCUT2D eigenvalue weighted by Gasteiger charge is -2.28. The maximum absolute atomic E-state index is 2.43. The van der Waals surface area contributed by atoms with Crippen molar-refractivity contribution >= 4 is 5.69 Å². The summed E-state index contributed by atoms with van der Waals surface area (Å²) in [6.07, 6.45) is 8.31. The molecule has 2 rings (SSSR count). The van der Waals surface area contributed by atoms with Gasteiger partial charge in [-0.15, -0.1) is 0 Å². The Morgan fingerprint density at radius 2 is 1.71 bits per heavy atom. The van der Waals surface area contributed by atoms with Gasteiger partial charge in [0.25, 0.3) is 0 Å². The molecule has 0 unspecified atom stereocenters. The Labute approximate surface area is 106 Å². The molecule has 94 valence electrons. The molecule has 1 saturated carbocycles. The fraction of sp³-hybridized carbons (Fsp3) is 0.625. The number of nitrogens with zero attached hydrogens (tertiary/aromatic N) is 1. The molecule has 0 aromatic heterocycles. The summed E-state index contributed by atoms with van der Waals surface area (Å²) in [6.45, 7) is 3.44. The minimum absolute atomic E-state index is 0.916. The second-order valence-corrected chi connectivity index (χ2v) is 5.40. The van der Waals surface area contributed by atoms with Crippen molar-refractivity contribution in [3.05, 3.63) is 29.8 Å². The molecule has 0 spiro atoms. The van der Waals surface area contributed by atoms with Crippen LogP contribution in [0.1, 0.15) is 44.6 Å². The first-order chi connectivity index (χ1) is 8.29. The quantitative estimate of drug-likeness (QED) is 0.748. The third kappa shape index (κ3) is 3.49. The Balaban J connectivity index is 1.91. The number of hydrogen-bond donors (Lipinski definition) is 0. The highest BCUT2D eigenvalue weighted by Crippen LogP contribution is 2.25. The van der Waals surface area contributed by atoms with E-state index in [1.807, 2.05) is 0 Å². The van der Waals surface area contributed by atoms with E-state index in [2.05, 4.69) is 43.1 Å². The van der Waals surface area contributed by atoms with Crippen molar-refractivity contribution < 1.29 is 0 Å². The lowest BCUT2D eigenvalue weighted by atomic mass is 9.89. The van der Waals surface area contributed by atoms with E-state index in [1.54, 1.807) is 0 Å². The number of aryl methyl sites for hydroxylation is 1. The standard InChI is InChI=1S/C16H25N/c1-3-14-9-11-16(12-10-14)17(2)13-15-7-5-4-6-8-15/h9-12,15H,3-8,13H2,1-2H3. The fourth-order valence-electron chi connectivity index (χ4n) is 2.85. The highest BCUT2D eigenvalue weighted by Gasteiger charge is 2.15. The van der Waals surface area contributed by atoms with Gasteiger partial charge < -0.3 is 4.90 Å². The first-order valence-electron chi connectivity index (χ1n) is 7.09. The molecule has 1 aliphatic rings. The van der Waals surface area contributed by atoms with E-state index in [9.17, 15) is 0 Å². The fourth-order valence-corrected chi connectivity index (χ4v) is 2.85. The highest BCUT2D eigenvalue weighted by molar-refractivity contribution is 5.46. The first-order valence-corrected chi connectivity index (χ1v) is 7.09. The van der Waals surface area contributed by atoms with Crippen LogP contribution in [0.3, 0.4) is 0 Å². The topological polar surface area (TPSA) is 3.24 Å². The van der Waals surface area contributed by atoms with Gasteiger partial charge in [-0.2, -0.15) is 0 Å². The summed E-state index contributed by atoms with van der Waals surface area (Å²) in [5.74, 6) is 0.916. The van der Waals surface area contributed by atoms with E-state index in [1.165, 1.54) is 49.9 Å².